The lowest BCUT2D eigenvalue weighted by Crippen LogP contribution is -2.66. The molecule has 218 valence electrons. The van der Waals surface area contributed by atoms with Crippen LogP contribution in [0.25, 0.3) is 0 Å². The van der Waals surface area contributed by atoms with Gasteiger partial charge in [-0.05, 0) is 91.7 Å². The Kier molecular flexibility index (Phi) is 8.64. The molecule has 3 unspecified atom stereocenters. The van der Waals surface area contributed by atoms with Crippen molar-refractivity contribution in [1.82, 2.24) is 0 Å². The lowest BCUT2D eigenvalue weighted by atomic mass is 9.36. The summed E-state index contributed by atoms with van der Waals surface area (Å²) in [5, 5.41) is 0. The standard InChI is InChI=1S/C31H49BO7/c1-8-20-23-15-19(38-17(3)33)13-14-30(23,5)26-25(28(20)39-18(4)34)22-11-10-21(16(2)9-12-24(35)37-7)31(22,6)29(36)27(26)32/h16,19-23,25-28H,8-15,32H2,1-7H3/t16-,19-,20-,21-,22?,23+,25?,26?,27+,28-,30+,31-/m1/s1. The summed E-state index contributed by atoms with van der Waals surface area (Å²) < 4.78 is 16.9. The van der Waals surface area contributed by atoms with Crippen molar-refractivity contribution in [2.75, 3.05) is 7.11 Å². The van der Waals surface area contributed by atoms with Crippen LogP contribution in [0.5, 0.6) is 0 Å². The number of hydrogen-bond donors (Lipinski definition) is 0. The van der Waals surface area contributed by atoms with E-state index in [-0.39, 0.29) is 82.8 Å². The van der Waals surface area contributed by atoms with Crippen LogP contribution < -0.4 is 0 Å². The van der Waals surface area contributed by atoms with Crippen LogP contribution in [0.2, 0.25) is 5.82 Å². The van der Waals surface area contributed by atoms with Crippen LogP contribution in [0.3, 0.4) is 0 Å². The fraction of sp³-hybridized carbons (Fsp3) is 0.871. The number of fused-ring (bicyclic) bond motifs is 5. The smallest absolute Gasteiger partial charge is 0.305 e. The molecule has 4 aliphatic carbocycles. The second kappa shape index (κ2) is 11.2. The number of Topliss-reactive ketones (excluding diaryl/α,β-unsaturated/α-hetero) is 1. The van der Waals surface area contributed by atoms with Gasteiger partial charge in [-0.1, -0.05) is 27.7 Å². The zero-order chi connectivity index (χ0) is 28.9. The van der Waals surface area contributed by atoms with E-state index in [0.717, 1.165) is 38.5 Å². The van der Waals surface area contributed by atoms with Crippen LogP contribution in [-0.4, -0.2) is 50.9 Å². The number of carbonyl (C=O) groups is 4. The van der Waals surface area contributed by atoms with Crippen LogP contribution >= 0.6 is 0 Å². The van der Waals surface area contributed by atoms with Crippen molar-refractivity contribution in [3.63, 3.8) is 0 Å². The molecule has 0 aromatic rings. The quantitative estimate of drug-likeness (QED) is 0.264. The number of methoxy groups -OCH3 is 1. The Morgan fingerprint density at radius 3 is 2.31 bits per heavy atom. The third kappa shape index (κ3) is 4.96. The normalized spacial score (nSPS) is 43.9. The minimum absolute atomic E-state index is 0.0936. The van der Waals surface area contributed by atoms with E-state index in [1.54, 1.807) is 0 Å². The van der Waals surface area contributed by atoms with E-state index in [1.807, 2.05) is 0 Å². The Hall–Kier alpha value is -1.86. The fourth-order valence-corrected chi connectivity index (χ4v) is 10.5. The molecule has 7 nitrogen and oxygen atoms in total. The number of hydrogen-bond acceptors (Lipinski definition) is 7. The average molecular weight is 545 g/mol. The first-order valence-corrected chi connectivity index (χ1v) is 15.3. The van der Waals surface area contributed by atoms with Crippen molar-refractivity contribution in [1.29, 1.82) is 0 Å². The molecule has 8 heteroatoms. The third-order valence-electron chi connectivity index (χ3n) is 12.0. The van der Waals surface area contributed by atoms with Crippen molar-refractivity contribution in [2.45, 2.75) is 111 Å². The summed E-state index contributed by atoms with van der Waals surface area (Å²) >= 11 is 0. The van der Waals surface area contributed by atoms with E-state index in [0.29, 0.717) is 18.6 Å². The summed E-state index contributed by atoms with van der Waals surface area (Å²) in [5.41, 5.74) is -0.603. The van der Waals surface area contributed by atoms with Crippen molar-refractivity contribution < 1.29 is 33.4 Å². The molecule has 0 N–H and O–H groups in total. The molecule has 0 spiro atoms. The van der Waals surface area contributed by atoms with Crippen LogP contribution in [0.15, 0.2) is 0 Å². The largest absolute Gasteiger partial charge is 0.469 e. The lowest BCUT2D eigenvalue weighted by Gasteiger charge is -2.66. The third-order valence-corrected chi connectivity index (χ3v) is 12.0. The first-order valence-electron chi connectivity index (χ1n) is 15.3. The predicted molar refractivity (Wildman–Crippen MR) is 149 cm³/mol. The van der Waals surface area contributed by atoms with Gasteiger partial charge < -0.3 is 14.2 Å². The highest BCUT2D eigenvalue weighted by Crippen LogP contribution is 2.71. The van der Waals surface area contributed by atoms with E-state index in [4.69, 9.17) is 14.2 Å². The molecule has 0 radical (unpaired) electrons. The van der Waals surface area contributed by atoms with Gasteiger partial charge in [0.05, 0.1) is 7.11 Å². The van der Waals surface area contributed by atoms with Crippen LogP contribution in [0, 0.1) is 52.3 Å². The summed E-state index contributed by atoms with van der Waals surface area (Å²) in [6.07, 6.45) is 5.91. The van der Waals surface area contributed by atoms with Crippen molar-refractivity contribution in [3.05, 3.63) is 0 Å². The highest BCUT2D eigenvalue weighted by Gasteiger charge is 2.70. The van der Waals surface area contributed by atoms with E-state index >= 15 is 0 Å². The molecule has 0 amide bonds. The van der Waals surface area contributed by atoms with Crippen LogP contribution in [0.4, 0.5) is 0 Å². The predicted octanol–water partition coefficient (Wildman–Crippen LogP) is 4.55. The summed E-state index contributed by atoms with van der Waals surface area (Å²) in [7, 11) is 3.54. The maximum absolute atomic E-state index is 14.5. The van der Waals surface area contributed by atoms with Gasteiger partial charge in [-0.2, -0.15) is 0 Å². The Labute approximate surface area is 235 Å². The minimum Gasteiger partial charge on any atom is -0.469 e. The minimum atomic E-state index is -0.509. The van der Waals surface area contributed by atoms with Crippen LogP contribution in [0.1, 0.15) is 92.9 Å². The van der Waals surface area contributed by atoms with Gasteiger partial charge in [0.1, 0.15) is 25.8 Å². The van der Waals surface area contributed by atoms with Gasteiger partial charge in [0.2, 0.25) is 0 Å². The van der Waals surface area contributed by atoms with Gasteiger partial charge in [0, 0.05) is 31.6 Å². The molecule has 4 aliphatic rings. The molecule has 4 saturated carbocycles. The molecule has 0 aromatic carbocycles. The monoisotopic (exact) mass is 544 g/mol. The number of carbonyl (C=O) groups excluding carboxylic acids is 4. The van der Waals surface area contributed by atoms with Crippen molar-refractivity contribution in [3.8, 4) is 0 Å². The molecule has 0 aliphatic heterocycles. The van der Waals surface area contributed by atoms with E-state index in [9.17, 15) is 19.2 Å². The molecule has 4 fully saturated rings. The van der Waals surface area contributed by atoms with E-state index < -0.39 is 5.41 Å². The zero-order valence-corrected chi connectivity index (χ0v) is 25.3. The van der Waals surface area contributed by atoms with Crippen molar-refractivity contribution in [2.24, 2.45) is 52.3 Å². The summed E-state index contributed by atoms with van der Waals surface area (Å²) in [6, 6.07) is 0. The van der Waals surface area contributed by atoms with E-state index in [2.05, 4.69) is 35.5 Å². The Morgan fingerprint density at radius 2 is 1.72 bits per heavy atom. The lowest BCUT2D eigenvalue weighted by molar-refractivity contribution is -0.215. The summed E-state index contributed by atoms with van der Waals surface area (Å²) in [5.74, 6) is 0.596. The number of esters is 3. The number of ketones is 1. The first-order chi connectivity index (χ1) is 18.3. The Balaban J connectivity index is 1.75. The molecule has 12 atom stereocenters. The maximum atomic E-state index is 14.5. The molecule has 0 bridgehead atoms. The maximum Gasteiger partial charge on any atom is 0.305 e. The van der Waals surface area contributed by atoms with E-state index in [1.165, 1.54) is 21.0 Å². The van der Waals surface area contributed by atoms with Gasteiger partial charge in [0.15, 0.2) is 0 Å². The van der Waals surface area contributed by atoms with Gasteiger partial charge in [-0.15, -0.1) is 0 Å². The second-order valence-corrected chi connectivity index (χ2v) is 13.7. The second-order valence-electron chi connectivity index (χ2n) is 13.7. The molecule has 4 rings (SSSR count). The molecule has 0 aromatic heterocycles. The topological polar surface area (TPSA) is 96.0 Å². The number of ether oxygens (including phenoxy) is 3. The van der Waals surface area contributed by atoms with Gasteiger partial charge in [-0.3, -0.25) is 19.2 Å². The molecule has 0 saturated heterocycles. The Morgan fingerprint density at radius 1 is 1.05 bits per heavy atom. The van der Waals surface area contributed by atoms with Crippen LogP contribution in [-0.2, 0) is 33.4 Å². The fourth-order valence-electron chi connectivity index (χ4n) is 10.5. The molecular formula is C31H49BO7. The summed E-state index contributed by atoms with van der Waals surface area (Å²) in [4.78, 5) is 50.8. The van der Waals surface area contributed by atoms with Gasteiger partial charge in [-0.25, -0.2) is 0 Å². The average Bonchev–Trinajstić information content (AvgIpc) is 3.23. The highest BCUT2D eigenvalue weighted by molar-refractivity contribution is 6.26. The highest BCUT2D eigenvalue weighted by atomic mass is 16.5. The van der Waals surface area contributed by atoms with Crippen molar-refractivity contribution >= 4 is 31.5 Å². The molecule has 39 heavy (non-hydrogen) atoms. The van der Waals surface area contributed by atoms with Gasteiger partial charge >= 0.3 is 17.9 Å². The zero-order valence-electron chi connectivity index (χ0n) is 25.3. The SMILES string of the molecule is B[C@@H]1C(=O)[C@@]2(C)C(CC[C@@H]2[C@H](C)CCC(=O)OC)C2C1[C@@]1(C)CC[C@@H](OC(C)=O)C[C@H]1[C@@H](CC)[C@H]2OC(C)=O. The molecule has 0 heterocycles. The molecular weight excluding hydrogens is 495 g/mol. The Bertz CT molecular complexity index is 982. The summed E-state index contributed by atoms with van der Waals surface area (Å²) in [6.45, 7) is 11.9. The first kappa shape index (κ1) is 30.1. The van der Waals surface area contributed by atoms with Gasteiger partial charge in [0.25, 0.3) is 0 Å². The number of rotatable bonds is 7.